The molecule has 1 aromatic heterocycles. The second-order valence-corrected chi connectivity index (χ2v) is 3.99. The largest absolute Gasteiger partial charge is 0.497 e. The molecule has 0 aliphatic rings. The molecule has 0 atom stereocenters. The van der Waals surface area contributed by atoms with E-state index < -0.39 is 11.9 Å². The summed E-state index contributed by atoms with van der Waals surface area (Å²) >= 11 is 0. The lowest BCUT2D eigenvalue weighted by Crippen LogP contribution is -2.36. The number of aryl methyl sites for hydroxylation is 1. The van der Waals surface area contributed by atoms with Crippen LogP contribution in [0, 0.1) is 12.3 Å². The van der Waals surface area contributed by atoms with Crippen LogP contribution in [0.1, 0.15) is 16.2 Å². The Labute approximate surface area is 127 Å². The van der Waals surface area contributed by atoms with Crippen molar-refractivity contribution in [2.45, 2.75) is 6.92 Å². The van der Waals surface area contributed by atoms with Gasteiger partial charge in [-0.3, -0.25) is 15.5 Å². The van der Waals surface area contributed by atoms with E-state index in [-0.39, 0.29) is 18.1 Å². The molecule has 1 heterocycles. The topological polar surface area (TPSA) is 119 Å². The Balaban J connectivity index is 0.00000220. The van der Waals surface area contributed by atoms with E-state index in [1.807, 2.05) is 0 Å². The van der Waals surface area contributed by atoms with E-state index in [1.54, 1.807) is 38.3 Å². The van der Waals surface area contributed by atoms with Crippen molar-refractivity contribution in [2.75, 3.05) is 7.11 Å². The number of methoxy groups -OCH3 is 1. The second kappa shape index (κ2) is 6.71. The lowest BCUT2D eigenvalue weighted by atomic mass is 10.3. The molecule has 1 aromatic carbocycles. The molecule has 1 amide bonds. The summed E-state index contributed by atoms with van der Waals surface area (Å²) in [6, 6.07) is 7.12. The third-order valence-electron chi connectivity index (χ3n) is 2.53. The maximum Gasteiger partial charge on any atom is 0.280 e. The zero-order valence-corrected chi connectivity index (χ0v) is 12.3. The highest BCUT2D eigenvalue weighted by Crippen LogP contribution is 2.15. The number of nitrogens with zero attached hydrogens (tertiary/aromatic N) is 3. The molecule has 9 heteroatoms. The molecule has 0 saturated heterocycles. The van der Waals surface area contributed by atoms with Crippen molar-refractivity contribution in [1.82, 2.24) is 20.3 Å². The zero-order valence-electron chi connectivity index (χ0n) is 11.5. The highest BCUT2D eigenvalue weighted by atomic mass is 35.5. The molecule has 8 nitrogen and oxygen atoms in total. The molecule has 0 radical (unpaired) electrons. The van der Waals surface area contributed by atoms with Crippen LogP contribution in [0.25, 0.3) is 5.69 Å². The van der Waals surface area contributed by atoms with Gasteiger partial charge >= 0.3 is 0 Å². The first-order valence-corrected chi connectivity index (χ1v) is 5.75. The van der Waals surface area contributed by atoms with Gasteiger partial charge in [-0.2, -0.15) is 9.90 Å². The number of carbonyl (C=O) groups excluding carboxylic acids is 1. The Morgan fingerprint density at radius 1 is 1.43 bits per heavy atom. The average molecular weight is 311 g/mol. The number of aromatic nitrogens is 3. The first kappa shape index (κ1) is 16.4. The number of rotatable bonds is 3. The molecular weight excluding hydrogens is 296 g/mol. The molecule has 0 aliphatic carbocycles. The molecule has 2 aromatic rings. The van der Waals surface area contributed by atoms with Crippen molar-refractivity contribution in [2.24, 2.45) is 5.73 Å². The summed E-state index contributed by atoms with van der Waals surface area (Å²) in [5.41, 5.74) is 6.33. The molecular formula is C12H15ClN6O2. The maximum absolute atomic E-state index is 11.8. The fourth-order valence-corrected chi connectivity index (χ4v) is 1.62. The molecule has 0 spiro atoms. The van der Waals surface area contributed by atoms with Gasteiger partial charge in [0.05, 0.1) is 18.5 Å². The number of hydrogen-bond donors (Lipinski definition) is 3. The fourth-order valence-electron chi connectivity index (χ4n) is 1.62. The normalized spacial score (nSPS) is 9.62. The van der Waals surface area contributed by atoms with Crippen LogP contribution in [-0.4, -0.2) is 34.0 Å². The smallest absolute Gasteiger partial charge is 0.280 e. The number of guanidine groups is 1. The van der Waals surface area contributed by atoms with E-state index in [0.29, 0.717) is 17.1 Å². The first-order valence-electron chi connectivity index (χ1n) is 5.75. The van der Waals surface area contributed by atoms with Crippen LogP contribution in [0.4, 0.5) is 0 Å². The SMILES string of the molecule is COc1cccc(-n2nc(C)c(C(=O)NC(=N)N)n2)c1.Cl. The molecule has 4 N–H and O–H groups in total. The molecule has 2 rings (SSSR count). The van der Waals surface area contributed by atoms with Gasteiger partial charge in [0.25, 0.3) is 5.91 Å². The van der Waals surface area contributed by atoms with E-state index in [2.05, 4.69) is 15.5 Å². The van der Waals surface area contributed by atoms with Gasteiger partial charge in [-0.1, -0.05) is 6.07 Å². The number of hydrogen-bond acceptors (Lipinski definition) is 5. The van der Waals surface area contributed by atoms with Gasteiger partial charge in [-0.15, -0.1) is 17.5 Å². The van der Waals surface area contributed by atoms with Crippen LogP contribution in [0.2, 0.25) is 0 Å². The summed E-state index contributed by atoms with van der Waals surface area (Å²) < 4.78 is 5.12. The van der Waals surface area contributed by atoms with Gasteiger partial charge in [0.2, 0.25) is 0 Å². The molecule has 0 fully saturated rings. The summed E-state index contributed by atoms with van der Waals surface area (Å²) in [5.74, 6) is -0.346. The lowest BCUT2D eigenvalue weighted by Gasteiger charge is -2.02. The average Bonchev–Trinajstić information content (AvgIpc) is 2.80. The van der Waals surface area contributed by atoms with Crippen LogP contribution in [0.3, 0.4) is 0 Å². The molecule has 0 aliphatic heterocycles. The van der Waals surface area contributed by atoms with Crippen LogP contribution in [-0.2, 0) is 0 Å². The summed E-state index contributed by atoms with van der Waals surface area (Å²) in [4.78, 5) is 13.1. The van der Waals surface area contributed by atoms with Crippen molar-refractivity contribution in [3.05, 3.63) is 35.7 Å². The van der Waals surface area contributed by atoms with E-state index in [9.17, 15) is 4.79 Å². The van der Waals surface area contributed by atoms with Crippen LogP contribution < -0.4 is 15.8 Å². The van der Waals surface area contributed by atoms with Gasteiger partial charge in [0.1, 0.15) is 5.75 Å². The number of carbonyl (C=O) groups is 1. The van der Waals surface area contributed by atoms with Gasteiger partial charge < -0.3 is 10.5 Å². The standard InChI is InChI=1S/C12H14N6O2.ClH/c1-7-10(11(19)15-12(13)14)17-18(16-7)8-4-3-5-9(6-8)20-2;/h3-6H,1-2H3,(H4,13,14,15,19);1H. The third-order valence-corrected chi connectivity index (χ3v) is 2.53. The van der Waals surface area contributed by atoms with Crippen molar-refractivity contribution >= 4 is 24.3 Å². The fraction of sp³-hybridized carbons (Fsp3) is 0.167. The van der Waals surface area contributed by atoms with Crippen molar-refractivity contribution in [1.29, 1.82) is 5.41 Å². The summed E-state index contributed by atoms with van der Waals surface area (Å²) in [6.45, 7) is 1.65. The number of halogens is 1. The maximum atomic E-state index is 11.8. The zero-order chi connectivity index (χ0) is 14.7. The Morgan fingerprint density at radius 2 is 2.14 bits per heavy atom. The second-order valence-electron chi connectivity index (χ2n) is 3.99. The van der Waals surface area contributed by atoms with E-state index in [4.69, 9.17) is 15.9 Å². The van der Waals surface area contributed by atoms with E-state index >= 15 is 0 Å². The van der Waals surface area contributed by atoms with Crippen molar-refractivity contribution in [3.63, 3.8) is 0 Å². The number of ether oxygens (including phenoxy) is 1. The van der Waals surface area contributed by atoms with E-state index in [0.717, 1.165) is 0 Å². The summed E-state index contributed by atoms with van der Waals surface area (Å²) in [7, 11) is 1.56. The minimum atomic E-state index is -0.566. The number of benzene rings is 1. The van der Waals surface area contributed by atoms with Crippen molar-refractivity contribution in [3.8, 4) is 11.4 Å². The Hall–Kier alpha value is -2.61. The highest BCUT2D eigenvalue weighted by molar-refractivity contribution is 6.03. The number of nitrogens with one attached hydrogen (secondary N) is 2. The van der Waals surface area contributed by atoms with Crippen molar-refractivity contribution < 1.29 is 9.53 Å². The Kier molecular flexibility index (Phi) is 5.25. The number of nitrogens with two attached hydrogens (primary N) is 1. The summed E-state index contributed by atoms with van der Waals surface area (Å²) in [5, 5.41) is 17.5. The van der Waals surface area contributed by atoms with Gasteiger partial charge in [-0.25, -0.2) is 0 Å². The van der Waals surface area contributed by atoms with Crippen LogP contribution in [0.15, 0.2) is 24.3 Å². The lowest BCUT2D eigenvalue weighted by molar-refractivity contribution is 0.0970. The highest BCUT2D eigenvalue weighted by Gasteiger charge is 2.16. The molecule has 21 heavy (non-hydrogen) atoms. The molecule has 112 valence electrons. The quantitative estimate of drug-likeness (QED) is 0.567. The third kappa shape index (κ3) is 3.69. The summed E-state index contributed by atoms with van der Waals surface area (Å²) in [6.07, 6.45) is 0. The molecule has 0 bridgehead atoms. The van der Waals surface area contributed by atoms with Gasteiger partial charge in [-0.05, 0) is 19.1 Å². The Bertz CT molecular complexity index is 670. The minimum Gasteiger partial charge on any atom is -0.497 e. The molecule has 0 saturated carbocycles. The predicted molar refractivity (Wildman–Crippen MR) is 79.3 cm³/mol. The van der Waals surface area contributed by atoms with Crippen LogP contribution in [0.5, 0.6) is 5.75 Å². The van der Waals surface area contributed by atoms with Crippen LogP contribution >= 0.6 is 12.4 Å². The Morgan fingerprint density at radius 3 is 2.76 bits per heavy atom. The van der Waals surface area contributed by atoms with E-state index in [1.165, 1.54) is 4.80 Å². The predicted octanol–water partition coefficient (Wildman–Crippen LogP) is 0.629. The van der Waals surface area contributed by atoms with Gasteiger partial charge in [0.15, 0.2) is 11.7 Å². The number of amides is 1. The monoisotopic (exact) mass is 310 g/mol. The minimum absolute atomic E-state index is 0. The van der Waals surface area contributed by atoms with Gasteiger partial charge in [0, 0.05) is 6.07 Å². The molecule has 0 unspecified atom stereocenters. The first-order chi connectivity index (χ1) is 9.51.